The third-order valence-electron chi connectivity index (χ3n) is 4.36. The van der Waals surface area contributed by atoms with E-state index in [9.17, 15) is 4.79 Å². The Morgan fingerprint density at radius 3 is 3.00 bits per heavy atom. The maximum absolute atomic E-state index is 12.3. The summed E-state index contributed by atoms with van der Waals surface area (Å²) in [6, 6.07) is 8.22. The van der Waals surface area contributed by atoms with Gasteiger partial charge in [-0.15, -0.1) is 0 Å². The molecule has 1 aromatic carbocycles. The first-order valence-corrected chi connectivity index (χ1v) is 8.26. The minimum absolute atomic E-state index is 0.0278. The SMILES string of the molecule is CN(C)CCn1ccc2ccc(NC(=O)[C@@H]3CCCOC3)cc21. The fourth-order valence-electron chi connectivity index (χ4n) is 2.96. The molecule has 0 bridgehead atoms. The third kappa shape index (κ3) is 3.92. The van der Waals surface area contributed by atoms with Crippen LogP contribution in [0.15, 0.2) is 30.5 Å². The number of hydrogen-bond acceptors (Lipinski definition) is 3. The molecule has 0 saturated carbocycles. The second kappa shape index (κ2) is 7.15. The highest BCUT2D eigenvalue weighted by atomic mass is 16.5. The van der Waals surface area contributed by atoms with Gasteiger partial charge in [0.25, 0.3) is 0 Å². The number of carbonyl (C=O) groups excluding carboxylic acids is 1. The maximum atomic E-state index is 12.3. The Balaban J connectivity index is 1.73. The van der Waals surface area contributed by atoms with E-state index in [1.807, 2.05) is 6.07 Å². The molecule has 1 atom stereocenters. The van der Waals surface area contributed by atoms with Crippen molar-refractivity contribution < 1.29 is 9.53 Å². The van der Waals surface area contributed by atoms with Gasteiger partial charge in [0.15, 0.2) is 0 Å². The number of ether oxygens (including phenoxy) is 1. The number of likely N-dealkylation sites (N-methyl/N-ethyl adjacent to an activating group) is 1. The van der Waals surface area contributed by atoms with Crippen LogP contribution in [0.25, 0.3) is 10.9 Å². The Morgan fingerprint density at radius 2 is 2.26 bits per heavy atom. The van der Waals surface area contributed by atoms with Crippen LogP contribution in [0.4, 0.5) is 5.69 Å². The van der Waals surface area contributed by atoms with E-state index in [0.29, 0.717) is 6.61 Å². The first-order chi connectivity index (χ1) is 11.1. The zero-order valence-corrected chi connectivity index (χ0v) is 13.9. The number of carbonyl (C=O) groups is 1. The van der Waals surface area contributed by atoms with Gasteiger partial charge in [0.1, 0.15) is 0 Å². The summed E-state index contributed by atoms with van der Waals surface area (Å²) in [6.45, 7) is 3.23. The molecule has 2 aromatic rings. The fraction of sp³-hybridized carbons (Fsp3) is 0.500. The fourth-order valence-corrected chi connectivity index (χ4v) is 2.96. The Labute approximate surface area is 137 Å². The summed E-state index contributed by atoms with van der Waals surface area (Å²) in [5, 5.41) is 4.24. The van der Waals surface area contributed by atoms with E-state index in [-0.39, 0.29) is 11.8 Å². The lowest BCUT2D eigenvalue weighted by Crippen LogP contribution is -2.30. The zero-order chi connectivity index (χ0) is 16.2. The molecule has 1 aromatic heterocycles. The average Bonchev–Trinajstić information content (AvgIpc) is 2.96. The van der Waals surface area contributed by atoms with E-state index >= 15 is 0 Å². The molecule has 5 nitrogen and oxygen atoms in total. The summed E-state index contributed by atoms with van der Waals surface area (Å²) in [6.07, 6.45) is 3.98. The van der Waals surface area contributed by atoms with Gasteiger partial charge in [0.05, 0.1) is 18.0 Å². The van der Waals surface area contributed by atoms with Crippen LogP contribution in [0.1, 0.15) is 12.8 Å². The van der Waals surface area contributed by atoms with Crippen molar-refractivity contribution in [2.75, 3.05) is 39.2 Å². The van der Waals surface area contributed by atoms with Gasteiger partial charge in [0.2, 0.25) is 5.91 Å². The summed E-state index contributed by atoms with van der Waals surface area (Å²) in [5.74, 6) is 0.0374. The van der Waals surface area contributed by atoms with E-state index in [2.05, 4.69) is 53.3 Å². The highest BCUT2D eigenvalue weighted by Crippen LogP contribution is 2.22. The normalized spacial score (nSPS) is 18.5. The lowest BCUT2D eigenvalue weighted by molar-refractivity contribution is -0.123. The van der Waals surface area contributed by atoms with Crippen LogP contribution in [-0.2, 0) is 16.1 Å². The minimum atomic E-state index is -0.0278. The first-order valence-electron chi connectivity index (χ1n) is 8.26. The summed E-state index contributed by atoms with van der Waals surface area (Å²) in [4.78, 5) is 14.5. The molecule has 1 aliphatic heterocycles. The largest absolute Gasteiger partial charge is 0.381 e. The van der Waals surface area contributed by atoms with Crippen LogP contribution < -0.4 is 5.32 Å². The van der Waals surface area contributed by atoms with Crippen LogP contribution in [-0.4, -0.2) is 49.2 Å². The van der Waals surface area contributed by atoms with E-state index < -0.39 is 0 Å². The Hall–Kier alpha value is -1.85. The second-order valence-corrected chi connectivity index (χ2v) is 6.49. The lowest BCUT2D eigenvalue weighted by atomic mass is 10.0. The molecule has 0 radical (unpaired) electrons. The number of aromatic nitrogens is 1. The molecule has 124 valence electrons. The van der Waals surface area contributed by atoms with E-state index in [1.165, 1.54) is 5.39 Å². The highest BCUT2D eigenvalue weighted by Gasteiger charge is 2.21. The van der Waals surface area contributed by atoms with Crippen LogP contribution in [0.3, 0.4) is 0 Å². The van der Waals surface area contributed by atoms with E-state index in [4.69, 9.17) is 4.74 Å². The third-order valence-corrected chi connectivity index (χ3v) is 4.36. The van der Waals surface area contributed by atoms with Gasteiger partial charge < -0.3 is 19.5 Å². The van der Waals surface area contributed by atoms with Gasteiger partial charge in [-0.05, 0) is 50.5 Å². The van der Waals surface area contributed by atoms with Gasteiger partial charge in [0, 0.05) is 31.6 Å². The number of amides is 1. The van der Waals surface area contributed by atoms with E-state index in [1.54, 1.807) is 0 Å². The topological polar surface area (TPSA) is 46.5 Å². The number of benzene rings is 1. The molecular formula is C18H25N3O2. The van der Waals surface area contributed by atoms with Crippen molar-refractivity contribution >= 4 is 22.5 Å². The Kier molecular flexibility index (Phi) is 4.98. The predicted octanol–water partition coefficient (Wildman–Crippen LogP) is 2.57. The summed E-state index contributed by atoms with van der Waals surface area (Å²) in [5.41, 5.74) is 2.02. The average molecular weight is 315 g/mol. The molecule has 0 unspecified atom stereocenters. The molecule has 23 heavy (non-hydrogen) atoms. The molecule has 1 aliphatic rings. The predicted molar refractivity (Wildman–Crippen MR) is 92.7 cm³/mol. The second-order valence-electron chi connectivity index (χ2n) is 6.49. The van der Waals surface area contributed by atoms with Crippen molar-refractivity contribution in [3.05, 3.63) is 30.5 Å². The van der Waals surface area contributed by atoms with Gasteiger partial charge in [-0.1, -0.05) is 6.07 Å². The van der Waals surface area contributed by atoms with Crippen molar-refractivity contribution in [1.82, 2.24) is 9.47 Å². The van der Waals surface area contributed by atoms with Crippen LogP contribution in [0.5, 0.6) is 0 Å². The molecule has 1 amide bonds. The Bertz CT molecular complexity index is 672. The van der Waals surface area contributed by atoms with Crippen molar-refractivity contribution in [1.29, 1.82) is 0 Å². The quantitative estimate of drug-likeness (QED) is 0.922. The van der Waals surface area contributed by atoms with Gasteiger partial charge >= 0.3 is 0 Å². The minimum Gasteiger partial charge on any atom is -0.381 e. The monoisotopic (exact) mass is 315 g/mol. The number of rotatable bonds is 5. The summed E-state index contributed by atoms with van der Waals surface area (Å²) < 4.78 is 7.63. The molecule has 5 heteroatoms. The van der Waals surface area contributed by atoms with Crippen molar-refractivity contribution in [3.63, 3.8) is 0 Å². The van der Waals surface area contributed by atoms with Crippen molar-refractivity contribution in [3.8, 4) is 0 Å². The smallest absolute Gasteiger partial charge is 0.229 e. The number of nitrogens with zero attached hydrogens (tertiary/aromatic N) is 2. The molecule has 0 aliphatic carbocycles. The summed E-state index contributed by atoms with van der Waals surface area (Å²) in [7, 11) is 4.15. The number of nitrogens with one attached hydrogen (secondary N) is 1. The number of anilines is 1. The molecule has 0 spiro atoms. The molecule has 1 fully saturated rings. The van der Waals surface area contributed by atoms with Crippen molar-refractivity contribution in [2.45, 2.75) is 19.4 Å². The van der Waals surface area contributed by atoms with Crippen LogP contribution in [0, 0.1) is 5.92 Å². The number of fused-ring (bicyclic) bond motifs is 1. The maximum Gasteiger partial charge on any atom is 0.229 e. The van der Waals surface area contributed by atoms with Crippen LogP contribution in [0.2, 0.25) is 0 Å². The molecular weight excluding hydrogens is 290 g/mol. The first kappa shape index (κ1) is 16.0. The molecule has 1 saturated heterocycles. The summed E-state index contributed by atoms with van der Waals surface area (Å²) >= 11 is 0. The Morgan fingerprint density at radius 1 is 1.39 bits per heavy atom. The van der Waals surface area contributed by atoms with E-state index in [0.717, 1.165) is 43.7 Å². The molecule has 2 heterocycles. The lowest BCUT2D eigenvalue weighted by Gasteiger charge is -2.21. The van der Waals surface area contributed by atoms with Crippen LogP contribution >= 0.6 is 0 Å². The van der Waals surface area contributed by atoms with Gasteiger partial charge in [-0.25, -0.2) is 0 Å². The highest BCUT2D eigenvalue weighted by molar-refractivity contribution is 5.95. The molecule has 1 N–H and O–H groups in total. The van der Waals surface area contributed by atoms with Gasteiger partial charge in [-0.3, -0.25) is 4.79 Å². The zero-order valence-electron chi connectivity index (χ0n) is 13.9. The number of hydrogen-bond donors (Lipinski definition) is 1. The standard InChI is InChI=1S/C18H25N3O2/c1-20(2)9-10-21-8-7-14-5-6-16(12-17(14)21)19-18(22)15-4-3-11-23-13-15/h5-8,12,15H,3-4,9-11,13H2,1-2H3,(H,19,22)/t15-/m1/s1. The molecule has 3 rings (SSSR count). The van der Waals surface area contributed by atoms with Gasteiger partial charge in [-0.2, -0.15) is 0 Å². The van der Waals surface area contributed by atoms with Crippen molar-refractivity contribution in [2.24, 2.45) is 5.92 Å².